The standard InChI is InChI=1S/C11H24N2/c1-11(2,3)13-8-10(9-13)6-4-5-7-12/h10H,4-9,12H2,1-3H3. The highest BCUT2D eigenvalue weighted by molar-refractivity contribution is 4.88. The Labute approximate surface area is 82.5 Å². The van der Waals surface area contributed by atoms with Crippen LogP contribution in [0.15, 0.2) is 0 Å². The number of unbranched alkanes of at least 4 members (excludes halogenated alkanes) is 1. The Morgan fingerprint density at radius 2 is 1.85 bits per heavy atom. The first-order valence-electron chi connectivity index (χ1n) is 5.49. The van der Waals surface area contributed by atoms with E-state index in [1.54, 1.807) is 0 Å². The SMILES string of the molecule is CC(C)(C)N1CC(CCCCN)C1. The third-order valence-corrected chi connectivity index (χ3v) is 2.97. The predicted molar refractivity (Wildman–Crippen MR) is 57.7 cm³/mol. The van der Waals surface area contributed by atoms with Gasteiger partial charge in [-0.25, -0.2) is 0 Å². The van der Waals surface area contributed by atoms with Crippen LogP contribution in [0.5, 0.6) is 0 Å². The summed E-state index contributed by atoms with van der Waals surface area (Å²) in [6, 6.07) is 0. The Morgan fingerprint density at radius 1 is 1.23 bits per heavy atom. The molecule has 1 aliphatic rings. The highest BCUT2D eigenvalue weighted by atomic mass is 15.2. The van der Waals surface area contributed by atoms with Crippen LogP contribution in [0.3, 0.4) is 0 Å². The summed E-state index contributed by atoms with van der Waals surface area (Å²) in [4.78, 5) is 2.56. The van der Waals surface area contributed by atoms with Crippen molar-refractivity contribution in [1.29, 1.82) is 0 Å². The monoisotopic (exact) mass is 184 g/mol. The van der Waals surface area contributed by atoms with Crippen LogP contribution in [0.2, 0.25) is 0 Å². The Morgan fingerprint density at radius 3 is 2.31 bits per heavy atom. The molecule has 1 rings (SSSR count). The lowest BCUT2D eigenvalue weighted by Crippen LogP contribution is -2.55. The van der Waals surface area contributed by atoms with Crippen molar-refractivity contribution < 1.29 is 0 Å². The summed E-state index contributed by atoms with van der Waals surface area (Å²) >= 11 is 0. The minimum Gasteiger partial charge on any atom is -0.330 e. The zero-order valence-electron chi connectivity index (χ0n) is 9.34. The number of hydrogen-bond acceptors (Lipinski definition) is 2. The molecular formula is C11H24N2. The summed E-state index contributed by atoms with van der Waals surface area (Å²) in [5.41, 5.74) is 5.84. The highest BCUT2D eigenvalue weighted by Gasteiger charge is 2.33. The number of rotatable bonds is 4. The van der Waals surface area contributed by atoms with E-state index in [9.17, 15) is 0 Å². The summed E-state index contributed by atoms with van der Waals surface area (Å²) < 4.78 is 0. The van der Waals surface area contributed by atoms with Gasteiger partial charge in [0.25, 0.3) is 0 Å². The first-order chi connectivity index (χ1) is 6.04. The van der Waals surface area contributed by atoms with Crippen LogP contribution in [0, 0.1) is 5.92 Å². The van der Waals surface area contributed by atoms with E-state index in [1.807, 2.05) is 0 Å². The molecule has 1 heterocycles. The molecule has 2 heteroatoms. The second-order valence-electron chi connectivity index (χ2n) is 5.23. The second-order valence-corrected chi connectivity index (χ2v) is 5.23. The molecule has 1 saturated heterocycles. The van der Waals surface area contributed by atoms with Gasteiger partial charge >= 0.3 is 0 Å². The molecule has 13 heavy (non-hydrogen) atoms. The van der Waals surface area contributed by atoms with E-state index in [0.29, 0.717) is 5.54 Å². The molecule has 0 aromatic carbocycles. The van der Waals surface area contributed by atoms with Crippen LogP contribution in [0.1, 0.15) is 40.0 Å². The predicted octanol–water partition coefficient (Wildman–Crippen LogP) is 1.85. The Bertz CT molecular complexity index is 143. The summed E-state index contributed by atoms with van der Waals surface area (Å²) in [6.07, 6.45) is 3.90. The highest BCUT2D eigenvalue weighted by Crippen LogP contribution is 2.28. The van der Waals surface area contributed by atoms with E-state index in [0.717, 1.165) is 12.5 Å². The molecule has 0 aliphatic carbocycles. The van der Waals surface area contributed by atoms with Crippen molar-refractivity contribution in [2.24, 2.45) is 11.7 Å². The average molecular weight is 184 g/mol. The first kappa shape index (κ1) is 11.0. The molecule has 0 unspecified atom stereocenters. The number of nitrogens with two attached hydrogens (primary N) is 1. The molecule has 0 amide bonds. The van der Waals surface area contributed by atoms with Gasteiger partial charge in [-0.05, 0) is 46.1 Å². The lowest BCUT2D eigenvalue weighted by molar-refractivity contribution is 0.00968. The number of hydrogen-bond donors (Lipinski definition) is 1. The zero-order valence-corrected chi connectivity index (χ0v) is 9.34. The molecule has 0 atom stereocenters. The molecule has 0 saturated carbocycles. The van der Waals surface area contributed by atoms with Crippen molar-refractivity contribution in [3.63, 3.8) is 0 Å². The van der Waals surface area contributed by atoms with Crippen molar-refractivity contribution in [2.45, 2.75) is 45.6 Å². The van der Waals surface area contributed by atoms with E-state index in [4.69, 9.17) is 5.73 Å². The Hall–Kier alpha value is -0.0800. The van der Waals surface area contributed by atoms with Gasteiger partial charge in [-0.3, -0.25) is 4.90 Å². The summed E-state index contributed by atoms with van der Waals surface area (Å²) in [7, 11) is 0. The van der Waals surface area contributed by atoms with Gasteiger partial charge in [-0.1, -0.05) is 6.42 Å². The lowest BCUT2D eigenvalue weighted by Gasteiger charge is -2.48. The lowest BCUT2D eigenvalue weighted by atomic mass is 9.89. The topological polar surface area (TPSA) is 29.3 Å². The molecule has 2 nitrogen and oxygen atoms in total. The van der Waals surface area contributed by atoms with E-state index in [2.05, 4.69) is 25.7 Å². The van der Waals surface area contributed by atoms with Crippen molar-refractivity contribution in [1.82, 2.24) is 4.90 Å². The minimum atomic E-state index is 0.379. The van der Waals surface area contributed by atoms with Crippen LogP contribution >= 0.6 is 0 Å². The fourth-order valence-corrected chi connectivity index (χ4v) is 1.88. The third-order valence-electron chi connectivity index (χ3n) is 2.97. The van der Waals surface area contributed by atoms with Crippen LogP contribution in [0.4, 0.5) is 0 Å². The van der Waals surface area contributed by atoms with Gasteiger partial charge in [0.2, 0.25) is 0 Å². The van der Waals surface area contributed by atoms with Crippen molar-refractivity contribution in [2.75, 3.05) is 19.6 Å². The molecule has 0 spiro atoms. The molecule has 1 fully saturated rings. The first-order valence-corrected chi connectivity index (χ1v) is 5.49. The van der Waals surface area contributed by atoms with Crippen LogP contribution in [-0.2, 0) is 0 Å². The normalized spacial score (nSPS) is 20.3. The zero-order chi connectivity index (χ0) is 9.90. The summed E-state index contributed by atoms with van der Waals surface area (Å²) in [5.74, 6) is 0.950. The van der Waals surface area contributed by atoms with E-state index < -0.39 is 0 Å². The maximum absolute atomic E-state index is 5.46. The largest absolute Gasteiger partial charge is 0.330 e. The fourth-order valence-electron chi connectivity index (χ4n) is 1.88. The third kappa shape index (κ3) is 3.28. The van der Waals surface area contributed by atoms with Gasteiger partial charge in [-0.15, -0.1) is 0 Å². The van der Waals surface area contributed by atoms with Crippen LogP contribution in [-0.4, -0.2) is 30.1 Å². The van der Waals surface area contributed by atoms with Gasteiger partial charge in [0, 0.05) is 18.6 Å². The molecule has 0 aromatic heterocycles. The molecule has 2 N–H and O–H groups in total. The summed E-state index contributed by atoms with van der Waals surface area (Å²) in [6.45, 7) is 10.3. The van der Waals surface area contributed by atoms with Crippen LogP contribution < -0.4 is 5.73 Å². The molecule has 0 bridgehead atoms. The molecule has 1 aliphatic heterocycles. The van der Waals surface area contributed by atoms with Gasteiger partial charge < -0.3 is 5.73 Å². The van der Waals surface area contributed by atoms with Gasteiger partial charge in [-0.2, -0.15) is 0 Å². The van der Waals surface area contributed by atoms with Crippen LogP contribution in [0.25, 0.3) is 0 Å². The molecule has 0 aromatic rings. The minimum absolute atomic E-state index is 0.379. The van der Waals surface area contributed by atoms with Crippen molar-refractivity contribution in [3.05, 3.63) is 0 Å². The molecular weight excluding hydrogens is 160 g/mol. The smallest absolute Gasteiger partial charge is 0.0125 e. The molecule has 0 radical (unpaired) electrons. The van der Waals surface area contributed by atoms with Gasteiger partial charge in [0.15, 0.2) is 0 Å². The quantitative estimate of drug-likeness (QED) is 0.676. The van der Waals surface area contributed by atoms with E-state index >= 15 is 0 Å². The molecule has 78 valence electrons. The maximum Gasteiger partial charge on any atom is 0.0125 e. The Balaban J connectivity index is 2.05. The van der Waals surface area contributed by atoms with E-state index in [1.165, 1.54) is 32.4 Å². The maximum atomic E-state index is 5.46. The number of nitrogens with zero attached hydrogens (tertiary/aromatic N) is 1. The van der Waals surface area contributed by atoms with E-state index in [-0.39, 0.29) is 0 Å². The van der Waals surface area contributed by atoms with Crippen molar-refractivity contribution >= 4 is 0 Å². The average Bonchev–Trinajstić information content (AvgIpc) is 1.91. The fraction of sp³-hybridized carbons (Fsp3) is 1.00. The Kier molecular flexibility index (Phi) is 3.74. The van der Waals surface area contributed by atoms with Crippen molar-refractivity contribution in [3.8, 4) is 0 Å². The van der Waals surface area contributed by atoms with Gasteiger partial charge in [0.1, 0.15) is 0 Å². The second kappa shape index (κ2) is 4.43. The number of likely N-dealkylation sites (tertiary alicyclic amines) is 1. The van der Waals surface area contributed by atoms with Gasteiger partial charge in [0.05, 0.1) is 0 Å². The summed E-state index contributed by atoms with van der Waals surface area (Å²) in [5, 5.41) is 0.